The van der Waals surface area contributed by atoms with Gasteiger partial charge in [-0.1, -0.05) is 26.7 Å². The van der Waals surface area contributed by atoms with Crippen LogP contribution in [0.3, 0.4) is 0 Å². The van der Waals surface area contributed by atoms with E-state index in [4.69, 9.17) is 4.74 Å². The maximum absolute atomic E-state index is 11.3. The summed E-state index contributed by atoms with van der Waals surface area (Å²) in [5, 5.41) is 19.6. The summed E-state index contributed by atoms with van der Waals surface area (Å²) >= 11 is 0. The van der Waals surface area contributed by atoms with E-state index in [-0.39, 0.29) is 12.0 Å². The molecule has 0 spiro atoms. The average molecular weight is 244 g/mol. The fourth-order valence-corrected chi connectivity index (χ4v) is 2.70. The summed E-state index contributed by atoms with van der Waals surface area (Å²) in [5.41, 5.74) is -1.56. The van der Waals surface area contributed by atoms with E-state index in [0.29, 0.717) is 32.3 Å². The monoisotopic (exact) mass is 244 g/mol. The van der Waals surface area contributed by atoms with Crippen molar-refractivity contribution in [1.29, 1.82) is 0 Å². The third-order valence-corrected chi connectivity index (χ3v) is 3.65. The summed E-state index contributed by atoms with van der Waals surface area (Å²) < 4.78 is 5.60. The molecule has 0 aliphatic carbocycles. The van der Waals surface area contributed by atoms with Crippen LogP contribution in [-0.2, 0) is 9.53 Å². The van der Waals surface area contributed by atoms with Crippen LogP contribution in [0.4, 0.5) is 0 Å². The highest BCUT2D eigenvalue weighted by Crippen LogP contribution is 2.34. The van der Waals surface area contributed by atoms with Crippen LogP contribution in [0.2, 0.25) is 0 Å². The highest BCUT2D eigenvalue weighted by atomic mass is 16.5. The Balaban J connectivity index is 2.70. The van der Waals surface area contributed by atoms with Crippen molar-refractivity contribution < 1.29 is 19.7 Å². The number of carboxylic acid groups (broad SMARTS) is 1. The van der Waals surface area contributed by atoms with Gasteiger partial charge < -0.3 is 14.9 Å². The van der Waals surface area contributed by atoms with Gasteiger partial charge in [-0.15, -0.1) is 0 Å². The number of ether oxygens (including phenoxy) is 1. The molecule has 0 bridgehead atoms. The number of carboxylic acids is 1. The van der Waals surface area contributed by atoms with E-state index in [0.717, 1.165) is 12.8 Å². The van der Waals surface area contributed by atoms with Gasteiger partial charge in [0.2, 0.25) is 0 Å². The molecule has 4 nitrogen and oxygen atoms in total. The molecule has 1 aliphatic heterocycles. The highest BCUT2D eigenvalue weighted by molar-refractivity contribution is 5.77. The lowest BCUT2D eigenvalue weighted by Crippen LogP contribution is -2.49. The molecule has 0 aromatic carbocycles. The van der Waals surface area contributed by atoms with E-state index in [2.05, 4.69) is 6.92 Å². The Morgan fingerprint density at radius 2 is 2.12 bits per heavy atom. The Labute approximate surface area is 103 Å². The lowest BCUT2D eigenvalue weighted by atomic mass is 9.77. The van der Waals surface area contributed by atoms with Crippen LogP contribution in [0.15, 0.2) is 0 Å². The Morgan fingerprint density at radius 1 is 1.41 bits per heavy atom. The van der Waals surface area contributed by atoms with Gasteiger partial charge in [0.1, 0.15) is 0 Å². The number of hydrogen-bond acceptors (Lipinski definition) is 3. The van der Waals surface area contributed by atoms with Crippen LogP contribution in [0.1, 0.15) is 52.4 Å². The molecule has 3 atom stereocenters. The Bertz CT molecular complexity index is 252. The molecule has 0 aromatic heterocycles. The van der Waals surface area contributed by atoms with Crippen molar-refractivity contribution in [2.75, 3.05) is 6.61 Å². The molecular weight excluding hydrogens is 220 g/mol. The standard InChI is InChI=1S/C13H24O4/c1-3-5-11-9-10(6-8-17-11)13(16,7-4-2)12(14)15/h10-11,16H,3-9H2,1-2H3,(H,14,15). The van der Waals surface area contributed by atoms with Crippen LogP contribution >= 0.6 is 0 Å². The first-order chi connectivity index (χ1) is 8.04. The van der Waals surface area contributed by atoms with Gasteiger partial charge in [0, 0.05) is 12.5 Å². The number of aliphatic hydroxyl groups is 1. The fraction of sp³-hybridized carbons (Fsp3) is 0.923. The zero-order valence-corrected chi connectivity index (χ0v) is 10.8. The van der Waals surface area contributed by atoms with Crippen LogP contribution < -0.4 is 0 Å². The third kappa shape index (κ3) is 3.42. The molecule has 1 saturated heterocycles. The summed E-state index contributed by atoms with van der Waals surface area (Å²) in [7, 11) is 0. The van der Waals surface area contributed by atoms with Gasteiger partial charge in [0.05, 0.1) is 6.10 Å². The summed E-state index contributed by atoms with van der Waals surface area (Å²) in [5.74, 6) is -1.26. The Morgan fingerprint density at radius 3 is 2.65 bits per heavy atom. The first-order valence-electron chi connectivity index (χ1n) is 6.62. The van der Waals surface area contributed by atoms with Crippen molar-refractivity contribution in [1.82, 2.24) is 0 Å². The number of rotatable bonds is 6. The summed E-state index contributed by atoms with van der Waals surface area (Å²) in [6, 6.07) is 0. The van der Waals surface area contributed by atoms with E-state index in [1.165, 1.54) is 0 Å². The van der Waals surface area contributed by atoms with E-state index in [1.807, 2.05) is 6.92 Å². The van der Waals surface area contributed by atoms with Crippen LogP contribution in [0.25, 0.3) is 0 Å². The lowest BCUT2D eigenvalue weighted by molar-refractivity contribution is -0.173. The van der Waals surface area contributed by atoms with Crippen molar-refractivity contribution in [2.24, 2.45) is 5.92 Å². The van der Waals surface area contributed by atoms with Crippen molar-refractivity contribution >= 4 is 5.97 Å². The third-order valence-electron chi connectivity index (χ3n) is 3.65. The second-order valence-corrected chi connectivity index (χ2v) is 4.98. The van der Waals surface area contributed by atoms with Gasteiger partial charge in [-0.05, 0) is 25.7 Å². The van der Waals surface area contributed by atoms with Crippen LogP contribution in [0, 0.1) is 5.92 Å². The summed E-state index contributed by atoms with van der Waals surface area (Å²) in [6.07, 6.45) is 4.39. The Hall–Kier alpha value is -0.610. The minimum Gasteiger partial charge on any atom is -0.479 e. The van der Waals surface area contributed by atoms with Gasteiger partial charge in [-0.25, -0.2) is 4.79 Å². The summed E-state index contributed by atoms with van der Waals surface area (Å²) in [6.45, 7) is 4.55. The summed E-state index contributed by atoms with van der Waals surface area (Å²) in [4.78, 5) is 11.3. The largest absolute Gasteiger partial charge is 0.479 e. The molecule has 1 fully saturated rings. The van der Waals surface area contributed by atoms with E-state index in [1.54, 1.807) is 0 Å². The lowest BCUT2D eigenvalue weighted by Gasteiger charge is -2.38. The molecule has 0 saturated carbocycles. The Kier molecular flexibility index (Phi) is 5.40. The van der Waals surface area contributed by atoms with Crippen molar-refractivity contribution in [2.45, 2.75) is 64.1 Å². The van der Waals surface area contributed by atoms with Crippen LogP contribution in [0.5, 0.6) is 0 Å². The van der Waals surface area contributed by atoms with Gasteiger partial charge in [-0.2, -0.15) is 0 Å². The SMILES string of the molecule is CCCC1CC(C(O)(CCC)C(=O)O)CCO1. The van der Waals surface area contributed by atoms with Gasteiger partial charge in [0.25, 0.3) is 0 Å². The molecule has 1 heterocycles. The van der Waals surface area contributed by atoms with Crippen LogP contribution in [-0.4, -0.2) is 34.5 Å². The molecule has 100 valence electrons. The topological polar surface area (TPSA) is 66.8 Å². The second-order valence-electron chi connectivity index (χ2n) is 4.98. The second kappa shape index (κ2) is 6.36. The quantitative estimate of drug-likeness (QED) is 0.751. The fourth-order valence-electron chi connectivity index (χ4n) is 2.70. The van der Waals surface area contributed by atoms with E-state index < -0.39 is 11.6 Å². The molecule has 4 heteroatoms. The zero-order valence-electron chi connectivity index (χ0n) is 10.8. The zero-order chi connectivity index (χ0) is 12.9. The molecule has 0 amide bonds. The maximum Gasteiger partial charge on any atom is 0.335 e. The van der Waals surface area contributed by atoms with E-state index >= 15 is 0 Å². The minimum absolute atomic E-state index is 0.112. The first kappa shape index (κ1) is 14.5. The van der Waals surface area contributed by atoms with Gasteiger partial charge in [0.15, 0.2) is 5.60 Å². The average Bonchev–Trinajstić information content (AvgIpc) is 2.30. The molecule has 3 unspecified atom stereocenters. The van der Waals surface area contributed by atoms with Crippen molar-refractivity contribution in [3.63, 3.8) is 0 Å². The molecule has 17 heavy (non-hydrogen) atoms. The maximum atomic E-state index is 11.3. The molecule has 0 radical (unpaired) electrons. The highest BCUT2D eigenvalue weighted by Gasteiger charge is 2.45. The molecular formula is C13H24O4. The normalized spacial score (nSPS) is 28.6. The molecule has 1 rings (SSSR count). The number of aliphatic carboxylic acids is 1. The first-order valence-corrected chi connectivity index (χ1v) is 6.62. The van der Waals surface area contributed by atoms with E-state index in [9.17, 15) is 15.0 Å². The predicted molar refractivity (Wildman–Crippen MR) is 64.9 cm³/mol. The molecule has 0 aromatic rings. The number of hydrogen-bond donors (Lipinski definition) is 2. The van der Waals surface area contributed by atoms with Gasteiger partial charge in [-0.3, -0.25) is 0 Å². The molecule has 1 aliphatic rings. The van der Waals surface area contributed by atoms with Crippen molar-refractivity contribution in [3.05, 3.63) is 0 Å². The minimum atomic E-state index is -1.56. The predicted octanol–water partition coefficient (Wildman–Crippen LogP) is 2.20. The smallest absolute Gasteiger partial charge is 0.335 e. The van der Waals surface area contributed by atoms with Gasteiger partial charge >= 0.3 is 5.97 Å². The van der Waals surface area contributed by atoms with Crippen molar-refractivity contribution in [3.8, 4) is 0 Å². The number of carbonyl (C=O) groups is 1. The molecule has 2 N–H and O–H groups in total.